The molecule has 0 aliphatic rings. The Labute approximate surface area is 191 Å². The maximum Gasteiger partial charge on any atom is 0.261 e. The van der Waals surface area contributed by atoms with Crippen molar-refractivity contribution in [2.24, 2.45) is 0 Å². The van der Waals surface area contributed by atoms with Crippen molar-refractivity contribution >= 4 is 34.6 Å². The molecule has 1 N–H and O–H groups in total. The Morgan fingerprint density at radius 3 is 2.70 bits per heavy atom. The van der Waals surface area contributed by atoms with E-state index in [1.54, 1.807) is 12.1 Å². The van der Waals surface area contributed by atoms with E-state index in [1.165, 1.54) is 5.56 Å². The second-order valence-electron chi connectivity index (χ2n) is 6.27. The number of terminal acetylenes is 1. The molecule has 0 radical (unpaired) electrons. The summed E-state index contributed by atoms with van der Waals surface area (Å²) in [6.45, 7) is 2.93. The molecule has 2 rings (SSSR count). The van der Waals surface area contributed by atoms with Gasteiger partial charge >= 0.3 is 0 Å². The van der Waals surface area contributed by atoms with Gasteiger partial charge in [0.1, 0.15) is 18.2 Å². The first-order valence-corrected chi connectivity index (χ1v) is 10.6. The van der Waals surface area contributed by atoms with Gasteiger partial charge in [0.05, 0.1) is 10.2 Å². The Morgan fingerprint density at radius 2 is 2.03 bits per heavy atom. The van der Waals surface area contributed by atoms with Crippen LogP contribution in [-0.2, 0) is 11.2 Å². The number of rotatable bonds is 10. The molecule has 0 saturated heterocycles. The van der Waals surface area contributed by atoms with Gasteiger partial charge in [-0.3, -0.25) is 4.79 Å². The largest absolute Gasteiger partial charge is 0.490 e. The lowest BCUT2D eigenvalue weighted by atomic mass is 10.1. The number of halogens is 1. The van der Waals surface area contributed by atoms with Crippen molar-refractivity contribution in [1.82, 2.24) is 5.32 Å². The maximum absolute atomic E-state index is 12.4. The lowest BCUT2D eigenvalue weighted by Gasteiger charge is -2.13. The molecule has 2 aromatic carbocycles. The standard InChI is InChI=1S/C24H23IN2O3/c1-3-13-30-23-21(25)15-19(16-22(23)29-4-2)14-20(17-26)24(28)27-12-8-11-18-9-6-5-7-10-18/h1,5-7,9-10,14-16H,4,8,11-13H2,2H3,(H,27,28)/b20-14-. The topological polar surface area (TPSA) is 71.3 Å². The van der Waals surface area contributed by atoms with Crippen LogP contribution in [0.15, 0.2) is 48.0 Å². The van der Waals surface area contributed by atoms with Crippen molar-refractivity contribution in [2.45, 2.75) is 19.8 Å². The summed E-state index contributed by atoms with van der Waals surface area (Å²) in [5.41, 5.74) is 1.92. The Kier molecular flexibility index (Phi) is 9.76. The summed E-state index contributed by atoms with van der Waals surface area (Å²) in [5, 5.41) is 12.3. The van der Waals surface area contributed by atoms with E-state index in [4.69, 9.17) is 15.9 Å². The number of benzene rings is 2. The lowest BCUT2D eigenvalue weighted by molar-refractivity contribution is -0.117. The fourth-order valence-corrected chi connectivity index (χ4v) is 3.52. The summed E-state index contributed by atoms with van der Waals surface area (Å²) in [4.78, 5) is 12.4. The van der Waals surface area contributed by atoms with Crippen molar-refractivity contribution in [3.05, 3.63) is 62.7 Å². The van der Waals surface area contributed by atoms with Crippen LogP contribution in [0.2, 0.25) is 0 Å². The molecule has 30 heavy (non-hydrogen) atoms. The van der Waals surface area contributed by atoms with Crippen molar-refractivity contribution in [2.75, 3.05) is 19.8 Å². The zero-order valence-electron chi connectivity index (χ0n) is 16.8. The highest BCUT2D eigenvalue weighted by Gasteiger charge is 2.14. The third-order valence-corrected chi connectivity index (χ3v) is 4.88. The summed E-state index contributed by atoms with van der Waals surface area (Å²) in [7, 11) is 0. The summed E-state index contributed by atoms with van der Waals surface area (Å²) < 4.78 is 12.0. The number of hydrogen-bond acceptors (Lipinski definition) is 4. The lowest BCUT2D eigenvalue weighted by Crippen LogP contribution is -2.25. The second-order valence-corrected chi connectivity index (χ2v) is 7.43. The van der Waals surface area contributed by atoms with Crippen LogP contribution in [0.5, 0.6) is 11.5 Å². The van der Waals surface area contributed by atoms with E-state index < -0.39 is 5.91 Å². The van der Waals surface area contributed by atoms with E-state index in [-0.39, 0.29) is 12.2 Å². The Bertz CT molecular complexity index is 972. The van der Waals surface area contributed by atoms with Gasteiger partial charge in [0, 0.05) is 6.54 Å². The number of hydrogen-bond donors (Lipinski definition) is 1. The van der Waals surface area contributed by atoms with Crippen molar-refractivity contribution in [1.29, 1.82) is 5.26 Å². The fourth-order valence-electron chi connectivity index (χ4n) is 2.74. The third kappa shape index (κ3) is 7.13. The molecular formula is C24H23IN2O3. The zero-order valence-corrected chi connectivity index (χ0v) is 18.9. The molecule has 0 aliphatic carbocycles. The van der Waals surface area contributed by atoms with Crippen LogP contribution in [-0.4, -0.2) is 25.7 Å². The highest BCUT2D eigenvalue weighted by atomic mass is 127. The van der Waals surface area contributed by atoms with Crippen LogP contribution >= 0.6 is 22.6 Å². The number of nitriles is 1. The second kappa shape index (κ2) is 12.6. The molecule has 0 bridgehead atoms. The molecule has 0 unspecified atom stereocenters. The summed E-state index contributed by atoms with van der Waals surface area (Å²) in [5.74, 6) is 3.10. The molecule has 5 nitrogen and oxygen atoms in total. The number of nitrogens with one attached hydrogen (secondary N) is 1. The molecule has 0 aromatic heterocycles. The third-order valence-electron chi connectivity index (χ3n) is 4.08. The molecule has 0 fully saturated rings. The molecule has 0 atom stereocenters. The predicted molar refractivity (Wildman–Crippen MR) is 126 cm³/mol. The van der Waals surface area contributed by atoms with Crippen molar-refractivity contribution in [3.63, 3.8) is 0 Å². The number of amides is 1. The molecule has 0 spiro atoms. The summed E-state index contributed by atoms with van der Waals surface area (Å²) in [6, 6.07) is 15.6. The van der Waals surface area contributed by atoms with E-state index in [0.717, 1.165) is 16.4 Å². The van der Waals surface area contributed by atoms with E-state index in [0.29, 0.717) is 30.2 Å². The fraction of sp³-hybridized carbons (Fsp3) is 0.250. The minimum Gasteiger partial charge on any atom is -0.490 e. The molecule has 0 aliphatic heterocycles. The van der Waals surface area contributed by atoms with E-state index >= 15 is 0 Å². The first-order valence-electron chi connectivity index (χ1n) is 9.55. The van der Waals surface area contributed by atoms with Gasteiger partial charge in [0.25, 0.3) is 5.91 Å². The smallest absolute Gasteiger partial charge is 0.261 e. The van der Waals surface area contributed by atoms with Crippen molar-refractivity contribution < 1.29 is 14.3 Å². The minimum absolute atomic E-state index is 0.0326. The normalized spacial score (nSPS) is 10.6. The van der Waals surface area contributed by atoms with E-state index in [2.05, 4.69) is 46.0 Å². The Morgan fingerprint density at radius 1 is 1.27 bits per heavy atom. The van der Waals surface area contributed by atoms with Gasteiger partial charge < -0.3 is 14.8 Å². The highest BCUT2D eigenvalue weighted by molar-refractivity contribution is 14.1. The van der Waals surface area contributed by atoms with Crippen LogP contribution < -0.4 is 14.8 Å². The van der Waals surface area contributed by atoms with Crippen LogP contribution in [0.1, 0.15) is 24.5 Å². The van der Waals surface area contributed by atoms with Gasteiger partial charge in [-0.1, -0.05) is 36.3 Å². The van der Waals surface area contributed by atoms with E-state index in [1.807, 2.05) is 37.3 Å². The van der Waals surface area contributed by atoms with Crippen LogP contribution in [0.4, 0.5) is 0 Å². The molecule has 6 heteroatoms. The highest BCUT2D eigenvalue weighted by Crippen LogP contribution is 2.35. The maximum atomic E-state index is 12.4. The van der Waals surface area contributed by atoms with Crippen LogP contribution in [0.25, 0.3) is 6.08 Å². The Hall–Kier alpha value is -2.97. The number of aryl methyl sites for hydroxylation is 1. The average Bonchev–Trinajstić information content (AvgIpc) is 2.75. The predicted octanol–water partition coefficient (Wildman–Crippen LogP) is 4.36. The monoisotopic (exact) mass is 514 g/mol. The van der Waals surface area contributed by atoms with Gasteiger partial charge in [-0.25, -0.2) is 0 Å². The van der Waals surface area contributed by atoms with Gasteiger partial charge in [0.2, 0.25) is 0 Å². The van der Waals surface area contributed by atoms with E-state index in [9.17, 15) is 10.1 Å². The minimum atomic E-state index is -0.397. The molecule has 154 valence electrons. The molecule has 2 aromatic rings. The Balaban J connectivity index is 2.07. The molecule has 1 amide bonds. The molecular weight excluding hydrogens is 491 g/mol. The SMILES string of the molecule is C#CCOc1c(I)cc(/C=C(/C#N)C(=O)NCCCc2ccccc2)cc1OCC. The van der Waals surface area contributed by atoms with Gasteiger partial charge in [0.15, 0.2) is 11.5 Å². The number of nitrogens with zero attached hydrogens (tertiary/aromatic N) is 1. The summed E-state index contributed by atoms with van der Waals surface area (Å²) in [6.07, 6.45) is 8.47. The zero-order chi connectivity index (χ0) is 21.8. The first kappa shape index (κ1) is 23.3. The number of ether oxygens (including phenoxy) is 2. The van der Waals surface area contributed by atoms with Gasteiger partial charge in [-0.2, -0.15) is 5.26 Å². The first-order chi connectivity index (χ1) is 14.6. The summed E-state index contributed by atoms with van der Waals surface area (Å²) >= 11 is 2.11. The van der Waals surface area contributed by atoms with Crippen LogP contribution in [0.3, 0.4) is 0 Å². The van der Waals surface area contributed by atoms with Crippen LogP contribution in [0, 0.1) is 27.2 Å². The molecule has 0 saturated carbocycles. The average molecular weight is 514 g/mol. The van der Waals surface area contributed by atoms with Crippen molar-refractivity contribution in [3.8, 4) is 29.9 Å². The number of carbonyl (C=O) groups excluding carboxylic acids is 1. The van der Waals surface area contributed by atoms with Gasteiger partial charge in [-0.15, -0.1) is 6.42 Å². The number of carbonyl (C=O) groups is 1. The van der Waals surface area contributed by atoms with Gasteiger partial charge in [-0.05, 0) is 71.7 Å². The quantitative estimate of drug-likeness (QED) is 0.168. The molecule has 0 heterocycles.